The highest BCUT2D eigenvalue weighted by molar-refractivity contribution is 7.12. The van der Waals surface area contributed by atoms with Gasteiger partial charge in [-0.15, -0.1) is 11.3 Å². The molecule has 1 aromatic rings. The molecule has 3 nitrogen and oxygen atoms in total. The minimum atomic E-state index is -0.253. The lowest BCUT2D eigenvalue weighted by Crippen LogP contribution is -2.20. The zero-order valence-corrected chi connectivity index (χ0v) is 7.54. The summed E-state index contributed by atoms with van der Waals surface area (Å²) in [4.78, 5) is 24.2. The molecule has 0 saturated heterocycles. The van der Waals surface area contributed by atoms with Gasteiger partial charge in [0, 0.05) is 9.75 Å². The fourth-order valence-corrected chi connectivity index (χ4v) is 2.51. The number of imide groups is 1. The number of thiophene rings is 1. The molecule has 1 N–H and O–H groups in total. The first kappa shape index (κ1) is 7.49. The van der Waals surface area contributed by atoms with Gasteiger partial charge in [-0.1, -0.05) is 0 Å². The van der Waals surface area contributed by atoms with Crippen LogP contribution in [0.25, 0.3) is 0 Å². The van der Waals surface area contributed by atoms with Gasteiger partial charge < -0.3 is 0 Å². The Kier molecular flexibility index (Phi) is 1.35. The highest BCUT2D eigenvalue weighted by Gasteiger charge is 2.31. The monoisotopic (exact) mass is 181 g/mol. The van der Waals surface area contributed by atoms with Crippen LogP contribution in [0.5, 0.6) is 0 Å². The third-order valence-corrected chi connectivity index (χ3v) is 2.96. The molecule has 2 rings (SSSR count). The summed E-state index contributed by atoms with van der Waals surface area (Å²) in [6, 6.07) is 0. The van der Waals surface area contributed by atoms with E-state index in [9.17, 15) is 9.59 Å². The maximum absolute atomic E-state index is 11.2. The standard InChI is InChI=1S/C8H7NO2S/c1-3-5-6(4(2)12-3)8(11)9-7(5)10/h1-2H3,(H,9,10,11). The van der Waals surface area contributed by atoms with Crippen LogP contribution >= 0.6 is 11.3 Å². The van der Waals surface area contributed by atoms with Crippen molar-refractivity contribution in [3.63, 3.8) is 0 Å². The Morgan fingerprint density at radius 2 is 1.42 bits per heavy atom. The van der Waals surface area contributed by atoms with Gasteiger partial charge in [-0.3, -0.25) is 14.9 Å². The van der Waals surface area contributed by atoms with Crippen LogP contribution in [-0.4, -0.2) is 11.8 Å². The van der Waals surface area contributed by atoms with Crippen LogP contribution in [0.3, 0.4) is 0 Å². The van der Waals surface area contributed by atoms with Crippen LogP contribution in [-0.2, 0) is 0 Å². The topological polar surface area (TPSA) is 46.2 Å². The second-order valence-electron chi connectivity index (χ2n) is 2.75. The molecule has 0 spiro atoms. The Morgan fingerprint density at radius 3 is 1.83 bits per heavy atom. The second-order valence-corrected chi connectivity index (χ2v) is 4.18. The van der Waals surface area contributed by atoms with E-state index in [0.717, 1.165) is 9.75 Å². The predicted molar refractivity (Wildman–Crippen MR) is 45.6 cm³/mol. The fraction of sp³-hybridized carbons (Fsp3) is 0.250. The lowest BCUT2D eigenvalue weighted by Gasteiger charge is -1.89. The van der Waals surface area contributed by atoms with E-state index in [4.69, 9.17) is 0 Å². The van der Waals surface area contributed by atoms with Crippen molar-refractivity contribution in [2.24, 2.45) is 0 Å². The Labute approximate surface area is 73.4 Å². The normalized spacial score (nSPS) is 14.8. The first-order chi connectivity index (χ1) is 5.61. The smallest absolute Gasteiger partial charge is 0.260 e. The van der Waals surface area contributed by atoms with Gasteiger partial charge in [0.15, 0.2) is 0 Å². The van der Waals surface area contributed by atoms with E-state index in [1.165, 1.54) is 11.3 Å². The molecule has 0 bridgehead atoms. The van der Waals surface area contributed by atoms with Crippen molar-refractivity contribution in [1.82, 2.24) is 5.32 Å². The van der Waals surface area contributed by atoms with Crippen molar-refractivity contribution >= 4 is 23.2 Å². The molecule has 12 heavy (non-hydrogen) atoms. The van der Waals surface area contributed by atoms with Gasteiger partial charge in [-0.05, 0) is 13.8 Å². The lowest BCUT2D eigenvalue weighted by molar-refractivity contribution is 0.0879. The third kappa shape index (κ3) is 0.754. The number of hydrogen-bond donors (Lipinski definition) is 1. The van der Waals surface area contributed by atoms with Gasteiger partial charge in [-0.2, -0.15) is 0 Å². The van der Waals surface area contributed by atoms with Crippen molar-refractivity contribution in [3.8, 4) is 0 Å². The van der Waals surface area contributed by atoms with Crippen LogP contribution in [0.15, 0.2) is 0 Å². The lowest BCUT2D eigenvalue weighted by atomic mass is 10.1. The summed E-state index contributed by atoms with van der Waals surface area (Å²) in [5, 5.41) is 2.27. The van der Waals surface area contributed by atoms with E-state index < -0.39 is 0 Å². The number of rotatable bonds is 0. The van der Waals surface area contributed by atoms with Crippen LogP contribution in [0, 0.1) is 13.8 Å². The largest absolute Gasteiger partial charge is 0.288 e. The van der Waals surface area contributed by atoms with Crippen molar-refractivity contribution in [2.45, 2.75) is 13.8 Å². The number of aryl methyl sites for hydroxylation is 2. The highest BCUT2D eigenvalue weighted by Crippen LogP contribution is 2.30. The first-order valence-corrected chi connectivity index (χ1v) is 4.38. The van der Waals surface area contributed by atoms with Gasteiger partial charge >= 0.3 is 0 Å². The molecule has 0 aliphatic carbocycles. The van der Waals surface area contributed by atoms with E-state index in [1.54, 1.807) is 0 Å². The molecule has 0 aromatic carbocycles. The Hall–Kier alpha value is -1.16. The van der Waals surface area contributed by atoms with Crippen LogP contribution in [0.2, 0.25) is 0 Å². The molecule has 0 radical (unpaired) electrons. The van der Waals surface area contributed by atoms with Gasteiger partial charge in [0.2, 0.25) is 0 Å². The van der Waals surface area contributed by atoms with Crippen LogP contribution in [0.4, 0.5) is 0 Å². The van der Waals surface area contributed by atoms with Crippen molar-refractivity contribution in [2.75, 3.05) is 0 Å². The molecule has 1 aromatic heterocycles. The van der Waals surface area contributed by atoms with E-state index in [2.05, 4.69) is 5.32 Å². The number of nitrogens with one attached hydrogen (secondary N) is 1. The molecular weight excluding hydrogens is 174 g/mol. The van der Waals surface area contributed by atoms with E-state index in [0.29, 0.717) is 11.1 Å². The minimum Gasteiger partial charge on any atom is -0.288 e. The molecule has 0 unspecified atom stereocenters. The average Bonchev–Trinajstić information content (AvgIpc) is 2.38. The maximum Gasteiger partial charge on any atom is 0.260 e. The fourth-order valence-electron chi connectivity index (χ4n) is 1.46. The maximum atomic E-state index is 11.2. The van der Waals surface area contributed by atoms with Gasteiger partial charge in [-0.25, -0.2) is 0 Å². The summed E-state index contributed by atoms with van der Waals surface area (Å²) < 4.78 is 0. The number of hydrogen-bond acceptors (Lipinski definition) is 3. The number of carbonyl (C=O) groups is 2. The summed E-state index contributed by atoms with van der Waals surface area (Å²) in [5.41, 5.74) is 1.14. The molecule has 62 valence electrons. The molecule has 0 saturated carbocycles. The second kappa shape index (κ2) is 2.17. The summed E-state index contributed by atoms with van der Waals surface area (Å²) >= 11 is 1.50. The molecule has 1 aliphatic heterocycles. The summed E-state index contributed by atoms with van der Waals surface area (Å²) in [7, 11) is 0. The summed E-state index contributed by atoms with van der Waals surface area (Å²) in [6.45, 7) is 3.71. The minimum absolute atomic E-state index is 0.253. The van der Waals surface area contributed by atoms with Crippen molar-refractivity contribution in [3.05, 3.63) is 20.9 Å². The number of amides is 2. The van der Waals surface area contributed by atoms with Crippen molar-refractivity contribution in [1.29, 1.82) is 0 Å². The molecule has 1 aliphatic rings. The Morgan fingerprint density at radius 1 is 1.00 bits per heavy atom. The number of fused-ring (bicyclic) bond motifs is 1. The SMILES string of the molecule is Cc1sc(C)c2c1C(=O)NC2=O. The van der Waals surface area contributed by atoms with Gasteiger partial charge in [0.1, 0.15) is 0 Å². The molecule has 2 amide bonds. The van der Waals surface area contributed by atoms with E-state index >= 15 is 0 Å². The van der Waals surface area contributed by atoms with Crippen LogP contribution in [0.1, 0.15) is 30.5 Å². The van der Waals surface area contributed by atoms with Crippen LogP contribution < -0.4 is 5.32 Å². The molecule has 0 fully saturated rings. The third-order valence-electron chi connectivity index (χ3n) is 1.94. The zero-order chi connectivity index (χ0) is 8.88. The van der Waals surface area contributed by atoms with Gasteiger partial charge in [0.25, 0.3) is 11.8 Å². The number of carbonyl (C=O) groups excluding carboxylic acids is 2. The molecule has 4 heteroatoms. The highest BCUT2D eigenvalue weighted by atomic mass is 32.1. The van der Waals surface area contributed by atoms with E-state index in [-0.39, 0.29) is 11.8 Å². The first-order valence-electron chi connectivity index (χ1n) is 3.57. The van der Waals surface area contributed by atoms with Crippen molar-refractivity contribution < 1.29 is 9.59 Å². The Balaban J connectivity index is 2.78. The Bertz CT molecular complexity index is 358. The molecular formula is C8H7NO2S. The zero-order valence-electron chi connectivity index (χ0n) is 6.72. The van der Waals surface area contributed by atoms with Gasteiger partial charge in [0.05, 0.1) is 11.1 Å². The molecule has 2 heterocycles. The summed E-state index contributed by atoms with van der Waals surface area (Å²) in [6.07, 6.45) is 0. The average molecular weight is 181 g/mol. The molecule has 0 atom stereocenters. The quantitative estimate of drug-likeness (QED) is 0.612. The predicted octanol–water partition coefficient (Wildman–Crippen LogP) is 1.25. The summed E-state index contributed by atoms with van der Waals surface area (Å²) in [5.74, 6) is -0.506. The van der Waals surface area contributed by atoms with E-state index in [1.807, 2.05) is 13.8 Å².